The van der Waals surface area contributed by atoms with E-state index in [9.17, 15) is 0 Å². The smallest absolute Gasteiger partial charge is 0.194 e. The Morgan fingerprint density at radius 1 is 1.16 bits per heavy atom. The molecule has 0 unspecified atom stereocenters. The Labute approximate surface area is 187 Å². The minimum Gasteiger partial charge on any atom is -0.385 e. The zero-order valence-electron chi connectivity index (χ0n) is 19.6. The number of ether oxygens (including phenoxy) is 2. The van der Waals surface area contributed by atoms with Gasteiger partial charge < -0.3 is 29.5 Å². The van der Waals surface area contributed by atoms with E-state index in [0.717, 1.165) is 90.1 Å². The summed E-state index contributed by atoms with van der Waals surface area (Å²) in [6, 6.07) is 4.27. The summed E-state index contributed by atoms with van der Waals surface area (Å²) < 4.78 is 11.1. The highest BCUT2D eigenvalue weighted by Gasteiger charge is 2.22. The van der Waals surface area contributed by atoms with Crippen molar-refractivity contribution in [3.8, 4) is 0 Å². The van der Waals surface area contributed by atoms with E-state index in [-0.39, 0.29) is 0 Å². The van der Waals surface area contributed by atoms with Gasteiger partial charge in [0.1, 0.15) is 5.82 Å². The molecule has 0 amide bonds. The Morgan fingerprint density at radius 2 is 1.94 bits per heavy atom. The van der Waals surface area contributed by atoms with Gasteiger partial charge in [0.2, 0.25) is 0 Å². The average Bonchev–Trinajstić information content (AvgIpc) is 2.81. The van der Waals surface area contributed by atoms with Gasteiger partial charge in [0.05, 0.1) is 12.6 Å². The van der Waals surface area contributed by atoms with Crippen molar-refractivity contribution in [2.24, 2.45) is 4.99 Å². The van der Waals surface area contributed by atoms with Crippen molar-refractivity contribution in [2.45, 2.75) is 38.8 Å². The molecule has 1 aromatic rings. The molecular weight excluding hydrogens is 392 g/mol. The largest absolute Gasteiger partial charge is 0.385 e. The fraction of sp³-hybridized carbons (Fsp3) is 0.739. The average molecular weight is 433 g/mol. The zero-order chi connectivity index (χ0) is 21.9. The summed E-state index contributed by atoms with van der Waals surface area (Å²) in [5, 5.41) is 3.47. The van der Waals surface area contributed by atoms with Gasteiger partial charge in [-0.25, -0.2) is 9.98 Å². The lowest BCUT2D eigenvalue weighted by atomic mass is 10.1. The molecule has 174 valence electrons. The number of guanidine groups is 1. The second kappa shape index (κ2) is 12.8. The molecule has 0 aromatic carbocycles. The van der Waals surface area contributed by atoms with E-state index in [4.69, 9.17) is 14.5 Å². The van der Waals surface area contributed by atoms with E-state index in [0.29, 0.717) is 12.6 Å². The molecule has 1 aromatic heterocycles. The third-order valence-corrected chi connectivity index (χ3v) is 5.97. The molecule has 0 atom stereocenters. The van der Waals surface area contributed by atoms with E-state index >= 15 is 0 Å². The number of anilines is 1. The van der Waals surface area contributed by atoms with E-state index in [1.165, 1.54) is 5.56 Å². The van der Waals surface area contributed by atoms with Gasteiger partial charge >= 0.3 is 0 Å². The molecule has 31 heavy (non-hydrogen) atoms. The number of likely N-dealkylation sites (N-methyl/N-ethyl adjacent to an activating group) is 1. The Hall–Kier alpha value is -1.90. The molecule has 0 radical (unpaired) electrons. The minimum atomic E-state index is 0.349. The van der Waals surface area contributed by atoms with Crippen LogP contribution >= 0.6 is 0 Å². The quantitative estimate of drug-likeness (QED) is 0.363. The molecule has 3 rings (SSSR count). The number of likely N-dealkylation sites (tertiary alicyclic amines) is 1. The molecule has 8 heteroatoms. The topological polar surface area (TPSA) is 65.5 Å². The number of aliphatic imine (C=N–C) groups is 1. The van der Waals surface area contributed by atoms with Gasteiger partial charge in [-0.05, 0) is 50.9 Å². The highest BCUT2D eigenvalue weighted by Crippen LogP contribution is 2.17. The molecule has 2 aliphatic rings. The SMILES string of the molecule is CCNC(=NCc1ccnc(N2CCN(C)CC2)c1)N1CCC(OCCCOC)CC1. The first-order valence-electron chi connectivity index (χ1n) is 11.7. The van der Waals surface area contributed by atoms with Gasteiger partial charge in [0.15, 0.2) is 5.96 Å². The first kappa shape index (κ1) is 23.8. The van der Waals surface area contributed by atoms with Crippen molar-refractivity contribution in [3.05, 3.63) is 23.9 Å². The van der Waals surface area contributed by atoms with E-state index in [1.807, 2.05) is 6.20 Å². The van der Waals surface area contributed by atoms with Crippen molar-refractivity contribution < 1.29 is 9.47 Å². The third-order valence-electron chi connectivity index (χ3n) is 5.97. The molecule has 0 aliphatic carbocycles. The van der Waals surface area contributed by atoms with Crippen LogP contribution in [0.15, 0.2) is 23.3 Å². The second-order valence-corrected chi connectivity index (χ2v) is 8.39. The highest BCUT2D eigenvalue weighted by atomic mass is 16.5. The van der Waals surface area contributed by atoms with Crippen LogP contribution in [0.2, 0.25) is 0 Å². The summed E-state index contributed by atoms with van der Waals surface area (Å²) in [7, 11) is 3.91. The van der Waals surface area contributed by atoms with Crippen LogP contribution in [0.25, 0.3) is 0 Å². The number of nitrogens with one attached hydrogen (secondary N) is 1. The Balaban J connectivity index is 1.52. The fourth-order valence-corrected chi connectivity index (χ4v) is 4.05. The van der Waals surface area contributed by atoms with Crippen molar-refractivity contribution >= 4 is 11.8 Å². The van der Waals surface area contributed by atoms with Crippen molar-refractivity contribution in [2.75, 3.05) is 78.1 Å². The summed E-state index contributed by atoms with van der Waals surface area (Å²) in [6.07, 6.45) is 5.31. The third kappa shape index (κ3) is 7.63. The number of pyridine rings is 1. The van der Waals surface area contributed by atoms with Crippen molar-refractivity contribution in [1.82, 2.24) is 20.1 Å². The fourth-order valence-electron chi connectivity index (χ4n) is 4.05. The molecular formula is C23H40N6O2. The molecule has 2 fully saturated rings. The van der Waals surface area contributed by atoms with Gasteiger partial charge in [-0.1, -0.05) is 0 Å². The zero-order valence-corrected chi connectivity index (χ0v) is 19.6. The summed E-state index contributed by atoms with van der Waals surface area (Å²) in [5.74, 6) is 2.07. The van der Waals surface area contributed by atoms with E-state index in [2.05, 4.69) is 51.1 Å². The van der Waals surface area contributed by atoms with Gasteiger partial charge in [-0.3, -0.25) is 0 Å². The molecule has 0 saturated carbocycles. The van der Waals surface area contributed by atoms with E-state index < -0.39 is 0 Å². The summed E-state index contributed by atoms with van der Waals surface area (Å²) in [4.78, 5) is 16.6. The van der Waals surface area contributed by atoms with Crippen molar-refractivity contribution in [1.29, 1.82) is 0 Å². The molecule has 0 bridgehead atoms. The van der Waals surface area contributed by atoms with Crippen molar-refractivity contribution in [3.63, 3.8) is 0 Å². The molecule has 3 heterocycles. The highest BCUT2D eigenvalue weighted by molar-refractivity contribution is 5.80. The van der Waals surface area contributed by atoms with Crippen LogP contribution in [0.4, 0.5) is 5.82 Å². The molecule has 1 N–H and O–H groups in total. The van der Waals surface area contributed by atoms with Crippen LogP contribution in [0.5, 0.6) is 0 Å². The molecule has 2 saturated heterocycles. The maximum absolute atomic E-state index is 6.00. The first-order chi connectivity index (χ1) is 15.2. The van der Waals surface area contributed by atoms with Crippen LogP contribution in [0, 0.1) is 0 Å². The normalized spacial score (nSPS) is 19.1. The first-order valence-corrected chi connectivity index (χ1v) is 11.7. The number of piperidine rings is 1. The number of nitrogens with zero attached hydrogens (tertiary/aromatic N) is 5. The Bertz CT molecular complexity index is 670. The summed E-state index contributed by atoms with van der Waals surface area (Å²) in [5.41, 5.74) is 1.20. The standard InChI is InChI=1S/C23H40N6O2/c1-4-24-23(29-10-7-21(8-11-29)31-17-5-16-30-3)26-19-20-6-9-25-22(18-20)28-14-12-27(2)13-15-28/h6,9,18,21H,4-5,7-8,10-17,19H2,1-3H3,(H,24,26). The van der Waals surface area contributed by atoms with Crippen LogP contribution in [0.3, 0.4) is 0 Å². The number of rotatable bonds is 9. The van der Waals surface area contributed by atoms with Crippen LogP contribution < -0.4 is 10.2 Å². The lowest BCUT2D eigenvalue weighted by molar-refractivity contribution is 0.00990. The predicted molar refractivity (Wildman–Crippen MR) is 126 cm³/mol. The predicted octanol–water partition coefficient (Wildman–Crippen LogP) is 1.82. The number of aromatic nitrogens is 1. The maximum Gasteiger partial charge on any atom is 0.194 e. The second-order valence-electron chi connectivity index (χ2n) is 8.39. The number of hydrogen-bond acceptors (Lipinski definition) is 6. The minimum absolute atomic E-state index is 0.349. The summed E-state index contributed by atoms with van der Waals surface area (Å²) >= 11 is 0. The number of hydrogen-bond donors (Lipinski definition) is 1. The molecule has 0 spiro atoms. The number of methoxy groups -OCH3 is 1. The summed E-state index contributed by atoms with van der Waals surface area (Å²) in [6.45, 7) is 11.4. The maximum atomic E-state index is 6.00. The van der Waals surface area contributed by atoms with Gasteiger partial charge in [0, 0.05) is 72.3 Å². The van der Waals surface area contributed by atoms with Gasteiger partial charge in [-0.15, -0.1) is 0 Å². The Morgan fingerprint density at radius 3 is 2.65 bits per heavy atom. The van der Waals surface area contributed by atoms with Gasteiger partial charge in [0.25, 0.3) is 0 Å². The van der Waals surface area contributed by atoms with Crippen LogP contribution in [-0.4, -0.2) is 100 Å². The van der Waals surface area contributed by atoms with E-state index in [1.54, 1.807) is 7.11 Å². The van der Waals surface area contributed by atoms with Crippen LogP contribution in [0.1, 0.15) is 31.7 Å². The lowest BCUT2D eigenvalue weighted by Gasteiger charge is -2.34. The molecule has 2 aliphatic heterocycles. The Kier molecular flexibility index (Phi) is 9.84. The lowest BCUT2D eigenvalue weighted by Crippen LogP contribution is -2.47. The molecule has 8 nitrogen and oxygen atoms in total. The number of piperazine rings is 1. The monoisotopic (exact) mass is 432 g/mol. The van der Waals surface area contributed by atoms with Crippen LogP contribution in [-0.2, 0) is 16.0 Å². The van der Waals surface area contributed by atoms with Gasteiger partial charge in [-0.2, -0.15) is 0 Å².